The zero-order valence-corrected chi connectivity index (χ0v) is 13.3. The molecule has 0 aliphatic rings. The van der Waals surface area contributed by atoms with Gasteiger partial charge in [0, 0.05) is 36.3 Å². The number of rotatable bonds is 5. The second-order valence-corrected chi connectivity index (χ2v) is 5.51. The number of aryl methyl sites for hydroxylation is 1. The maximum absolute atomic E-state index is 4.29. The largest absolute Gasteiger partial charge is 0.273 e. The zero-order valence-electron chi connectivity index (χ0n) is 13.3. The van der Waals surface area contributed by atoms with Crippen LogP contribution < -0.4 is 0 Å². The predicted molar refractivity (Wildman–Crippen MR) is 89.6 cm³/mol. The van der Waals surface area contributed by atoms with Crippen LogP contribution in [0.3, 0.4) is 0 Å². The van der Waals surface area contributed by atoms with Crippen molar-refractivity contribution in [3.05, 3.63) is 66.9 Å². The van der Waals surface area contributed by atoms with E-state index in [2.05, 4.69) is 33.5 Å². The first kappa shape index (κ1) is 14.4. The monoisotopic (exact) mass is 319 g/mol. The standard InChI is InChI=1S/C17H17N7/c1-2-22-11-14(10-19-22)12-23-13-17(20-21-23)15-5-3-6-16(9-15)24-8-4-7-18-24/h3-11,13H,2,12H2,1H3. The molecule has 4 rings (SSSR count). The molecule has 0 fully saturated rings. The lowest BCUT2D eigenvalue weighted by atomic mass is 10.1. The summed E-state index contributed by atoms with van der Waals surface area (Å²) in [4.78, 5) is 0. The third kappa shape index (κ3) is 2.83. The van der Waals surface area contributed by atoms with E-state index >= 15 is 0 Å². The van der Waals surface area contributed by atoms with Gasteiger partial charge in [-0.2, -0.15) is 10.2 Å². The van der Waals surface area contributed by atoms with Crippen molar-refractivity contribution < 1.29 is 0 Å². The summed E-state index contributed by atoms with van der Waals surface area (Å²) < 4.78 is 5.56. The highest BCUT2D eigenvalue weighted by molar-refractivity contribution is 5.61. The van der Waals surface area contributed by atoms with Crippen molar-refractivity contribution in [2.75, 3.05) is 0 Å². The van der Waals surface area contributed by atoms with Gasteiger partial charge in [0.05, 0.1) is 24.6 Å². The molecule has 3 heterocycles. The molecular weight excluding hydrogens is 302 g/mol. The highest BCUT2D eigenvalue weighted by atomic mass is 15.4. The van der Waals surface area contributed by atoms with E-state index < -0.39 is 0 Å². The van der Waals surface area contributed by atoms with E-state index in [0.717, 1.165) is 29.1 Å². The van der Waals surface area contributed by atoms with E-state index in [-0.39, 0.29) is 0 Å². The first-order valence-electron chi connectivity index (χ1n) is 7.84. The Balaban J connectivity index is 1.57. The van der Waals surface area contributed by atoms with Gasteiger partial charge in [-0.05, 0) is 25.1 Å². The van der Waals surface area contributed by atoms with Gasteiger partial charge < -0.3 is 0 Å². The first-order valence-corrected chi connectivity index (χ1v) is 7.84. The minimum absolute atomic E-state index is 0.659. The average Bonchev–Trinajstić information content (AvgIpc) is 3.37. The molecule has 0 N–H and O–H groups in total. The van der Waals surface area contributed by atoms with E-state index in [4.69, 9.17) is 0 Å². The summed E-state index contributed by atoms with van der Waals surface area (Å²) in [6.45, 7) is 3.59. The van der Waals surface area contributed by atoms with Crippen LogP contribution in [0.15, 0.2) is 61.3 Å². The summed E-state index contributed by atoms with van der Waals surface area (Å²) in [5.41, 5.74) is 3.96. The molecule has 0 aliphatic heterocycles. The molecule has 120 valence electrons. The van der Waals surface area contributed by atoms with Crippen LogP contribution in [0.2, 0.25) is 0 Å². The van der Waals surface area contributed by atoms with E-state index in [1.54, 1.807) is 6.20 Å². The Morgan fingerprint density at radius 2 is 2.00 bits per heavy atom. The van der Waals surface area contributed by atoms with Crippen molar-refractivity contribution in [2.45, 2.75) is 20.0 Å². The van der Waals surface area contributed by atoms with Gasteiger partial charge in [-0.15, -0.1) is 5.10 Å². The average molecular weight is 319 g/mol. The van der Waals surface area contributed by atoms with Crippen molar-refractivity contribution in [2.24, 2.45) is 0 Å². The lowest BCUT2D eigenvalue weighted by Gasteiger charge is -2.03. The molecular formula is C17H17N7. The summed E-state index contributed by atoms with van der Waals surface area (Å²) in [6, 6.07) is 9.99. The molecule has 7 heteroatoms. The molecule has 4 aromatic rings. The lowest BCUT2D eigenvalue weighted by Crippen LogP contribution is -1.99. The molecule has 0 saturated heterocycles. The lowest BCUT2D eigenvalue weighted by molar-refractivity contribution is 0.642. The van der Waals surface area contributed by atoms with Gasteiger partial charge in [0.15, 0.2) is 0 Å². The van der Waals surface area contributed by atoms with Gasteiger partial charge in [-0.25, -0.2) is 9.36 Å². The third-order valence-corrected chi connectivity index (χ3v) is 3.80. The molecule has 0 bridgehead atoms. The number of hydrogen-bond acceptors (Lipinski definition) is 4. The van der Waals surface area contributed by atoms with Gasteiger partial charge in [0.1, 0.15) is 5.69 Å². The number of aromatic nitrogens is 7. The smallest absolute Gasteiger partial charge is 0.113 e. The summed E-state index contributed by atoms with van der Waals surface area (Å²) in [6.07, 6.45) is 9.52. The zero-order chi connectivity index (χ0) is 16.4. The summed E-state index contributed by atoms with van der Waals surface area (Å²) in [7, 11) is 0. The fourth-order valence-electron chi connectivity index (χ4n) is 2.59. The second-order valence-electron chi connectivity index (χ2n) is 5.51. The Bertz CT molecular complexity index is 933. The molecule has 0 atom stereocenters. The predicted octanol–water partition coefficient (Wildman–Crippen LogP) is 2.40. The maximum Gasteiger partial charge on any atom is 0.113 e. The highest BCUT2D eigenvalue weighted by Gasteiger charge is 2.07. The van der Waals surface area contributed by atoms with Crippen LogP contribution in [0, 0.1) is 0 Å². The summed E-state index contributed by atoms with van der Waals surface area (Å²) >= 11 is 0. The maximum atomic E-state index is 4.29. The molecule has 3 aromatic heterocycles. The summed E-state index contributed by atoms with van der Waals surface area (Å²) in [5, 5.41) is 17.1. The van der Waals surface area contributed by atoms with Crippen LogP contribution in [-0.2, 0) is 13.1 Å². The van der Waals surface area contributed by atoms with Crippen molar-refractivity contribution in [3.63, 3.8) is 0 Å². The van der Waals surface area contributed by atoms with Crippen LogP contribution in [0.5, 0.6) is 0 Å². The molecule has 0 spiro atoms. The van der Waals surface area contributed by atoms with Gasteiger partial charge in [0.25, 0.3) is 0 Å². The van der Waals surface area contributed by atoms with Crippen LogP contribution >= 0.6 is 0 Å². The number of nitrogens with zero attached hydrogens (tertiary/aromatic N) is 7. The van der Waals surface area contributed by atoms with Gasteiger partial charge in [-0.1, -0.05) is 17.3 Å². The number of benzene rings is 1. The number of hydrogen-bond donors (Lipinski definition) is 0. The first-order chi connectivity index (χ1) is 11.8. The molecule has 0 aliphatic carbocycles. The van der Waals surface area contributed by atoms with Crippen LogP contribution in [0.4, 0.5) is 0 Å². The van der Waals surface area contributed by atoms with E-state index in [9.17, 15) is 0 Å². The molecule has 0 radical (unpaired) electrons. The normalized spacial score (nSPS) is 11.0. The van der Waals surface area contributed by atoms with Crippen molar-refractivity contribution in [3.8, 4) is 16.9 Å². The van der Waals surface area contributed by atoms with Crippen LogP contribution in [0.1, 0.15) is 12.5 Å². The minimum atomic E-state index is 0.659. The van der Waals surface area contributed by atoms with Crippen molar-refractivity contribution >= 4 is 0 Å². The Labute approximate surface area is 139 Å². The van der Waals surface area contributed by atoms with Crippen molar-refractivity contribution in [1.29, 1.82) is 0 Å². The quantitative estimate of drug-likeness (QED) is 0.566. The van der Waals surface area contributed by atoms with Gasteiger partial charge >= 0.3 is 0 Å². The van der Waals surface area contributed by atoms with Crippen LogP contribution in [-0.4, -0.2) is 34.6 Å². The second kappa shape index (κ2) is 6.11. The molecule has 24 heavy (non-hydrogen) atoms. The Morgan fingerprint density at radius 1 is 1.04 bits per heavy atom. The Hall–Kier alpha value is -3.22. The minimum Gasteiger partial charge on any atom is -0.273 e. The SMILES string of the molecule is CCn1cc(Cn2cc(-c3cccc(-n4cccn4)c3)nn2)cn1. The van der Waals surface area contributed by atoms with E-state index in [1.165, 1.54) is 0 Å². The fraction of sp³-hybridized carbons (Fsp3) is 0.176. The van der Waals surface area contributed by atoms with Gasteiger partial charge in [-0.3, -0.25) is 4.68 Å². The molecule has 1 aromatic carbocycles. The van der Waals surface area contributed by atoms with Gasteiger partial charge in [0.2, 0.25) is 0 Å². The highest BCUT2D eigenvalue weighted by Crippen LogP contribution is 2.19. The molecule has 0 unspecified atom stereocenters. The van der Waals surface area contributed by atoms with E-state index in [0.29, 0.717) is 6.54 Å². The Morgan fingerprint density at radius 3 is 2.79 bits per heavy atom. The molecule has 7 nitrogen and oxygen atoms in total. The van der Waals surface area contributed by atoms with Crippen molar-refractivity contribution in [1.82, 2.24) is 34.6 Å². The topological polar surface area (TPSA) is 66.3 Å². The van der Waals surface area contributed by atoms with Crippen LogP contribution in [0.25, 0.3) is 16.9 Å². The van der Waals surface area contributed by atoms with E-state index in [1.807, 2.05) is 63.1 Å². The third-order valence-electron chi connectivity index (χ3n) is 3.80. The fourth-order valence-corrected chi connectivity index (χ4v) is 2.59. The molecule has 0 amide bonds. The molecule has 0 saturated carbocycles. The Kier molecular flexibility index (Phi) is 3.66. The summed E-state index contributed by atoms with van der Waals surface area (Å²) in [5.74, 6) is 0.